The van der Waals surface area contributed by atoms with E-state index in [-0.39, 0.29) is 0 Å². The van der Waals surface area contributed by atoms with Crippen LogP contribution in [0.3, 0.4) is 0 Å². The molecular formula is C13H20FN. The van der Waals surface area contributed by atoms with Crippen LogP contribution in [-0.4, -0.2) is 6.17 Å². The van der Waals surface area contributed by atoms with Crippen molar-refractivity contribution in [2.24, 2.45) is 17.8 Å². The maximum Gasteiger partial charge on any atom is 0.100 e. The van der Waals surface area contributed by atoms with Crippen LogP contribution in [0.5, 0.6) is 0 Å². The number of nitriles is 1. The minimum Gasteiger partial charge on any atom is -0.247 e. The summed E-state index contributed by atoms with van der Waals surface area (Å²) >= 11 is 0. The molecule has 2 fully saturated rings. The zero-order chi connectivity index (χ0) is 10.7. The smallest absolute Gasteiger partial charge is 0.100 e. The molecule has 2 rings (SSSR count). The monoisotopic (exact) mass is 209 g/mol. The normalized spacial score (nSPS) is 42.1. The Morgan fingerprint density at radius 3 is 1.73 bits per heavy atom. The van der Waals surface area contributed by atoms with E-state index in [0.29, 0.717) is 5.92 Å². The van der Waals surface area contributed by atoms with Crippen molar-refractivity contribution in [1.82, 2.24) is 0 Å². The third-order valence-electron chi connectivity index (χ3n) is 4.32. The molecule has 0 aromatic rings. The minimum absolute atomic E-state index is 0.304. The summed E-state index contributed by atoms with van der Waals surface area (Å²) in [6.45, 7) is 0. The predicted molar refractivity (Wildman–Crippen MR) is 57.9 cm³/mol. The van der Waals surface area contributed by atoms with Crippen molar-refractivity contribution in [3.05, 3.63) is 0 Å². The van der Waals surface area contributed by atoms with Crippen LogP contribution in [0, 0.1) is 29.1 Å². The molecule has 0 N–H and O–H groups in total. The second-order valence-electron chi connectivity index (χ2n) is 5.25. The number of nitrogens with zero attached hydrogens (tertiary/aromatic N) is 1. The summed E-state index contributed by atoms with van der Waals surface area (Å²) < 4.78 is 13.0. The van der Waals surface area contributed by atoms with Crippen LogP contribution in [0.2, 0.25) is 0 Å². The minimum atomic E-state index is -0.531. The molecule has 2 aliphatic rings. The first kappa shape index (κ1) is 10.9. The molecular weight excluding hydrogens is 189 g/mol. The molecule has 2 heteroatoms. The van der Waals surface area contributed by atoms with Crippen molar-refractivity contribution >= 4 is 0 Å². The van der Waals surface area contributed by atoms with E-state index in [9.17, 15) is 4.39 Å². The number of alkyl halides is 1. The van der Waals surface area contributed by atoms with Gasteiger partial charge in [-0.05, 0) is 63.2 Å². The SMILES string of the molecule is N#CC1CCC(C2CCC(F)CC2)CC1. The maximum absolute atomic E-state index is 13.0. The van der Waals surface area contributed by atoms with E-state index < -0.39 is 6.17 Å². The maximum atomic E-state index is 13.0. The Balaban J connectivity index is 1.78. The molecule has 0 aliphatic heterocycles. The fourth-order valence-electron chi connectivity index (χ4n) is 3.27. The average molecular weight is 209 g/mol. The van der Waals surface area contributed by atoms with Crippen LogP contribution in [0.4, 0.5) is 4.39 Å². The van der Waals surface area contributed by atoms with Gasteiger partial charge in [0.1, 0.15) is 6.17 Å². The van der Waals surface area contributed by atoms with Gasteiger partial charge in [-0.25, -0.2) is 4.39 Å². The summed E-state index contributed by atoms with van der Waals surface area (Å²) in [6, 6.07) is 2.37. The Labute approximate surface area is 91.7 Å². The van der Waals surface area contributed by atoms with Gasteiger partial charge in [0.05, 0.1) is 6.07 Å². The van der Waals surface area contributed by atoms with Gasteiger partial charge in [0, 0.05) is 5.92 Å². The number of halogens is 1. The van der Waals surface area contributed by atoms with Gasteiger partial charge in [-0.1, -0.05) is 0 Å². The van der Waals surface area contributed by atoms with Gasteiger partial charge >= 0.3 is 0 Å². The van der Waals surface area contributed by atoms with Crippen molar-refractivity contribution in [2.45, 2.75) is 57.5 Å². The summed E-state index contributed by atoms with van der Waals surface area (Å²) in [7, 11) is 0. The Hall–Kier alpha value is -0.580. The Kier molecular flexibility index (Phi) is 3.61. The zero-order valence-electron chi connectivity index (χ0n) is 9.29. The fourth-order valence-corrected chi connectivity index (χ4v) is 3.27. The van der Waals surface area contributed by atoms with Crippen molar-refractivity contribution in [1.29, 1.82) is 5.26 Å². The van der Waals surface area contributed by atoms with E-state index in [1.54, 1.807) is 0 Å². The quantitative estimate of drug-likeness (QED) is 0.643. The van der Waals surface area contributed by atoms with E-state index in [1.165, 1.54) is 12.8 Å². The molecule has 84 valence electrons. The lowest BCUT2D eigenvalue weighted by molar-refractivity contribution is 0.135. The van der Waals surface area contributed by atoms with E-state index in [4.69, 9.17) is 5.26 Å². The summed E-state index contributed by atoms with van der Waals surface area (Å²) in [5, 5.41) is 8.82. The fraction of sp³-hybridized carbons (Fsp3) is 0.923. The Morgan fingerprint density at radius 1 is 0.800 bits per heavy atom. The molecule has 15 heavy (non-hydrogen) atoms. The van der Waals surface area contributed by atoms with Crippen LogP contribution >= 0.6 is 0 Å². The van der Waals surface area contributed by atoms with E-state index in [0.717, 1.165) is 50.4 Å². The summed E-state index contributed by atoms with van der Waals surface area (Å²) in [4.78, 5) is 0. The van der Waals surface area contributed by atoms with Gasteiger partial charge in [0.25, 0.3) is 0 Å². The second-order valence-corrected chi connectivity index (χ2v) is 5.25. The summed E-state index contributed by atoms with van der Waals surface area (Å²) in [5.41, 5.74) is 0. The van der Waals surface area contributed by atoms with E-state index in [1.807, 2.05) is 0 Å². The number of rotatable bonds is 1. The summed E-state index contributed by atoms with van der Waals surface area (Å²) in [6.07, 6.45) is 7.78. The van der Waals surface area contributed by atoms with Gasteiger partial charge in [0.15, 0.2) is 0 Å². The van der Waals surface area contributed by atoms with Gasteiger partial charge < -0.3 is 0 Å². The molecule has 1 nitrogen and oxygen atoms in total. The average Bonchev–Trinajstić information content (AvgIpc) is 2.30. The highest BCUT2D eigenvalue weighted by Crippen LogP contribution is 2.40. The lowest BCUT2D eigenvalue weighted by atomic mass is 9.71. The topological polar surface area (TPSA) is 23.8 Å². The van der Waals surface area contributed by atoms with Crippen molar-refractivity contribution in [3.8, 4) is 6.07 Å². The molecule has 0 aromatic heterocycles. The molecule has 0 unspecified atom stereocenters. The summed E-state index contributed by atoms with van der Waals surface area (Å²) in [5.74, 6) is 1.86. The van der Waals surface area contributed by atoms with Gasteiger partial charge in [-0.3, -0.25) is 0 Å². The highest BCUT2D eigenvalue weighted by Gasteiger charge is 2.30. The van der Waals surface area contributed by atoms with Crippen LogP contribution in [0.1, 0.15) is 51.4 Å². The van der Waals surface area contributed by atoms with E-state index >= 15 is 0 Å². The highest BCUT2D eigenvalue weighted by molar-refractivity contribution is 4.89. The zero-order valence-corrected chi connectivity index (χ0v) is 9.29. The lowest BCUT2D eigenvalue weighted by Gasteiger charge is -2.35. The molecule has 0 saturated heterocycles. The predicted octanol–water partition coefficient (Wildman–Crippen LogP) is 3.84. The standard InChI is InChI=1S/C13H20FN/c14-13-7-5-12(6-8-13)11-3-1-10(9-15)2-4-11/h10-13H,1-8H2. The molecule has 2 aliphatic carbocycles. The third-order valence-corrected chi connectivity index (χ3v) is 4.32. The third kappa shape index (κ3) is 2.71. The number of hydrogen-bond acceptors (Lipinski definition) is 1. The second kappa shape index (κ2) is 4.96. The van der Waals surface area contributed by atoms with E-state index in [2.05, 4.69) is 6.07 Å². The molecule has 0 heterocycles. The lowest BCUT2D eigenvalue weighted by Crippen LogP contribution is -2.25. The highest BCUT2D eigenvalue weighted by atomic mass is 19.1. The van der Waals surface area contributed by atoms with Crippen LogP contribution < -0.4 is 0 Å². The molecule has 0 aromatic carbocycles. The molecule has 0 bridgehead atoms. The molecule has 2 saturated carbocycles. The first-order valence-electron chi connectivity index (χ1n) is 6.33. The molecule has 0 amide bonds. The molecule has 0 atom stereocenters. The Morgan fingerprint density at radius 2 is 1.27 bits per heavy atom. The first-order valence-corrected chi connectivity index (χ1v) is 6.33. The van der Waals surface area contributed by atoms with Crippen molar-refractivity contribution < 1.29 is 4.39 Å². The van der Waals surface area contributed by atoms with Gasteiger partial charge in [-0.2, -0.15) is 5.26 Å². The van der Waals surface area contributed by atoms with Gasteiger partial charge in [0.2, 0.25) is 0 Å². The van der Waals surface area contributed by atoms with Gasteiger partial charge in [-0.15, -0.1) is 0 Å². The van der Waals surface area contributed by atoms with Crippen LogP contribution in [0.15, 0.2) is 0 Å². The largest absolute Gasteiger partial charge is 0.247 e. The van der Waals surface area contributed by atoms with Crippen molar-refractivity contribution in [2.75, 3.05) is 0 Å². The van der Waals surface area contributed by atoms with Crippen molar-refractivity contribution in [3.63, 3.8) is 0 Å². The van der Waals surface area contributed by atoms with Crippen LogP contribution in [0.25, 0.3) is 0 Å². The molecule has 0 spiro atoms. The molecule has 0 radical (unpaired) electrons. The Bertz CT molecular complexity index is 229. The number of hydrogen-bond donors (Lipinski definition) is 0. The first-order chi connectivity index (χ1) is 7.29. The van der Waals surface area contributed by atoms with Crippen LogP contribution in [-0.2, 0) is 0 Å².